The number of primary amides is 1. The molecular formula is C9H17NO5Si. The second kappa shape index (κ2) is 4.64. The van der Waals surface area contributed by atoms with E-state index in [1.165, 1.54) is 6.08 Å². The lowest BCUT2D eigenvalue weighted by molar-refractivity contribution is -0.113. The number of aliphatic hydroxyl groups excluding tert-OH is 1. The highest BCUT2D eigenvalue weighted by Crippen LogP contribution is 2.34. The molecule has 92 valence electrons. The number of carbonyl (C=O) groups is 1. The Morgan fingerprint density at radius 2 is 2.31 bits per heavy atom. The van der Waals surface area contributed by atoms with Crippen LogP contribution in [-0.2, 0) is 13.6 Å². The van der Waals surface area contributed by atoms with Crippen LogP contribution in [0.25, 0.3) is 0 Å². The molecule has 1 fully saturated rings. The van der Waals surface area contributed by atoms with E-state index < -0.39 is 20.3 Å². The van der Waals surface area contributed by atoms with Gasteiger partial charge in [-0.2, -0.15) is 0 Å². The minimum absolute atomic E-state index is 0.0220. The van der Waals surface area contributed by atoms with E-state index in [4.69, 9.17) is 14.6 Å². The summed E-state index contributed by atoms with van der Waals surface area (Å²) < 4.78 is 10.7. The monoisotopic (exact) mass is 247 g/mol. The molecule has 1 aliphatic heterocycles. The number of hydrogen-bond donors (Lipinski definition) is 3. The lowest BCUT2D eigenvalue weighted by Gasteiger charge is -2.25. The van der Waals surface area contributed by atoms with Crippen LogP contribution < -0.4 is 5.73 Å². The van der Waals surface area contributed by atoms with E-state index in [0.29, 0.717) is 0 Å². The average molecular weight is 247 g/mol. The van der Waals surface area contributed by atoms with Crippen molar-refractivity contribution in [1.82, 2.24) is 0 Å². The summed E-state index contributed by atoms with van der Waals surface area (Å²) in [6.45, 7) is 3.20. The van der Waals surface area contributed by atoms with Gasteiger partial charge in [-0.1, -0.05) is 13.8 Å². The molecule has 0 spiro atoms. The fraction of sp³-hybridized carbons (Fsp3) is 0.667. The summed E-state index contributed by atoms with van der Waals surface area (Å²) in [5.74, 6) is -0.641. The highest BCUT2D eigenvalue weighted by Gasteiger charge is 2.54. The van der Waals surface area contributed by atoms with Gasteiger partial charge in [0.05, 0.1) is 13.2 Å². The van der Waals surface area contributed by atoms with Crippen molar-refractivity contribution >= 4 is 14.7 Å². The van der Waals surface area contributed by atoms with Gasteiger partial charge in [-0.15, -0.1) is 0 Å². The van der Waals surface area contributed by atoms with Gasteiger partial charge in [0.2, 0.25) is 5.91 Å². The van der Waals surface area contributed by atoms with E-state index in [-0.39, 0.29) is 18.8 Å². The highest BCUT2D eigenvalue weighted by molar-refractivity contribution is 6.61. The van der Waals surface area contributed by atoms with Gasteiger partial charge in [-0.3, -0.25) is 4.79 Å². The van der Waals surface area contributed by atoms with Crippen LogP contribution in [0.1, 0.15) is 13.8 Å². The molecule has 0 saturated carbocycles. The van der Waals surface area contributed by atoms with Crippen molar-refractivity contribution in [2.75, 3.05) is 13.2 Å². The van der Waals surface area contributed by atoms with Gasteiger partial charge in [0, 0.05) is 11.6 Å². The summed E-state index contributed by atoms with van der Waals surface area (Å²) in [5, 5.41) is 9.25. The van der Waals surface area contributed by atoms with Crippen molar-refractivity contribution in [2.45, 2.75) is 25.0 Å². The molecule has 7 heteroatoms. The fourth-order valence-corrected chi connectivity index (χ4v) is 3.16. The van der Waals surface area contributed by atoms with E-state index in [1.54, 1.807) is 13.8 Å². The van der Waals surface area contributed by atoms with Gasteiger partial charge in [0.25, 0.3) is 0 Å². The minimum atomic E-state index is -3.26. The molecule has 16 heavy (non-hydrogen) atoms. The summed E-state index contributed by atoms with van der Waals surface area (Å²) >= 11 is 0. The molecule has 1 saturated heterocycles. The third-order valence-corrected chi connectivity index (χ3v) is 5.14. The van der Waals surface area contributed by atoms with Crippen molar-refractivity contribution < 1.29 is 23.5 Å². The van der Waals surface area contributed by atoms with Crippen LogP contribution in [0.2, 0.25) is 5.54 Å². The molecule has 6 nitrogen and oxygen atoms in total. The Bertz CT molecular complexity index is 308. The Labute approximate surface area is 95.0 Å². The molecule has 1 aliphatic rings. The molecule has 4 N–H and O–H groups in total. The molecule has 0 aromatic heterocycles. The zero-order chi connectivity index (χ0) is 12.4. The average Bonchev–Trinajstić information content (AvgIpc) is 2.56. The zero-order valence-corrected chi connectivity index (χ0v) is 10.3. The summed E-state index contributed by atoms with van der Waals surface area (Å²) in [5.41, 5.74) is 3.64. The van der Waals surface area contributed by atoms with Gasteiger partial charge < -0.3 is 24.5 Å². The van der Waals surface area contributed by atoms with Crippen LogP contribution in [0.5, 0.6) is 0 Å². The molecule has 2 unspecified atom stereocenters. The third-order valence-electron chi connectivity index (χ3n) is 2.42. The van der Waals surface area contributed by atoms with Gasteiger partial charge in [0.15, 0.2) is 0 Å². The number of hydrogen-bond acceptors (Lipinski definition) is 5. The van der Waals surface area contributed by atoms with E-state index in [0.717, 1.165) is 6.08 Å². The van der Waals surface area contributed by atoms with Crippen molar-refractivity contribution in [3.8, 4) is 0 Å². The summed E-state index contributed by atoms with van der Waals surface area (Å²) in [4.78, 5) is 20.6. The van der Waals surface area contributed by atoms with Gasteiger partial charge >= 0.3 is 8.80 Å². The Morgan fingerprint density at radius 3 is 2.69 bits per heavy atom. The molecule has 0 aromatic rings. The maximum Gasteiger partial charge on any atom is 0.501 e. The van der Waals surface area contributed by atoms with Gasteiger partial charge in [-0.05, 0) is 6.08 Å². The first kappa shape index (κ1) is 13.3. The van der Waals surface area contributed by atoms with Crippen LogP contribution in [0.4, 0.5) is 0 Å². The number of carbonyl (C=O) groups excluding carboxylic acids is 1. The topological polar surface area (TPSA) is 102 Å². The normalized spacial score (nSPS) is 35.1. The maximum absolute atomic E-state index is 10.6. The molecule has 1 heterocycles. The predicted octanol–water partition coefficient (Wildman–Crippen LogP) is -0.853. The molecular weight excluding hydrogens is 230 g/mol. The molecule has 1 amide bonds. The SMILES string of the molecule is CC(C)[Si]1(O)OCC(/C=C/C(N)=O)(CO)O1. The summed E-state index contributed by atoms with van der Waals surface area (Å²) in [6.07, 6.45) is 2.43. The lowest BCUT2D eigenvalue weighted by Crippen LogP contribution is -2.44. The summed E-state index contributed by atoms with van der Waals surface area (Å²) in [7, 11) is -3.26. The number of nitrogens with two attached hydrogens (primary N) is 1. The Kier molecular flexibility index (Phi) is 3.87. The molecule has 2 atom stereocenters. The maximum atomic E-state index is 10.6. The molecule has 0 aromatic carbocycles. The van der Waals surface area contributed by atoms with Crippen LogP contribution in [-0.4, -0.2) is 43.4 Å². The smallest absolute Gasteiger partial charge is 0.393 e. The van der Waals surface area contributed by atoms with Crippen LogP contribution in [0.15, 0.2) is 12.2 Å². The van der Waals surface area contributed by atoms with Crippen molar-refractivity contribution in [2.24, 2.45) is 5.73 Å². The van der Waals surface area contributed by atoms with Crippen molar-refractivity contribution in [3.63, 3.8) is 0 Å². The van der Waals surface area contributed by atoms with E-state index in [9.17, 15) is 14.7 Å². The molecule has 0 radical (unpaired) electrons. The predicted molar refractivity (Wildman–Crippen MR) is 58.3 cm³/mol. The van der Waals surface area contributed by atoms with Crippen LogP contribution >= 0.6 is 0 Å². The first-order chi connectivity index (χ1) is 7.33. The largest absolute Gasteiger partial charge is 0.501 e. The Hall–Kier alpha value is -0.733. The van der Waals surface area contributed by atoms with Crippen LogP contribution in [0.3, 0.4) is 0 Å². The second-order valence-electron chi connectivity index (χ2n) is 4.13. The lowest BCUT2D eigenvalue weighted by atomic mass is 10.1. The standard InChI is InChI=1S/C9H17NO5Si/c1-7(2)16(13)14-6-9(5-11,15-16)4-3-8(10)12/h3-4,7,11,13H,5-6H2,1-2H3,(H2,10,12)/b4-3+. The quantitative estimate of drug-likeness (QED) is 0.443. The zero-order valence-electron chi connectivity index (χ0n) is 9.34. The Balaban J connectivity index is 2.83. The van der Waals surface area contributed by atoms with Gasteiger partial charge in [-0.25, -0.2) is 0 Å². The first-order valence-corrected chi connectivity index (χ1v) is 6.84. The second-order valence-corrected chi connectivity index (χ2v) is 7.04. The Morgan fingerprint density at radius 1 is 1.69 bits per heavy atom. The van der Waals surface area contributed by atoms with E-state index in [2.05, 4.69) is 0 Å². The van der Waals surface area contributed by atoms with Gasteiger partial charge in [0.1, 0.15) is 5.60 Å². The highest BCUT2D eigenvalue weighted by atomic mass is 28.4. The van der Waals surface area contributed by atoms with Crippen LogP contribution in [0, 0.1) is 0 Å². The van der Waals surface area contributed by atoms with Crippen molar-refractivity contribution in [1.29, 1.82) is 0 Å². The number of amides is 1. The van der Waals surface area contributed by atoms with Crippen molar-refractivity contribution in [3.05, 3.63) is 12.2 Å². The van der Waals surface area contributed by atoms with E-state index in [1.807, 2.05) is 0 Å². The third kappa shape index (κ3) is 2.69. The summed E-state index contributed by atoms with van der Waals surface area (Å²) in [6, 6.07) is 0. The number of aliphatic hydroxyl groups is 1. The molecule has 0 bridgehead atoms. The van der Waals surface area contributed by atoms with E-state index >= 15 is 0 Å². The molecule has 0 aliphatic carbocycles. The molecule has 1 rings (SSSR count). The minimum Gasteiger partial charge on any atom is -0.393 e. The number of rotatable bonds is 4. The first-order valence-electron chi connectivity index (χ1n) is 4.99. The fourth-order valence-electron chi connectivity index (χ4n) is 1.31.